The van der Waals surface area contributed by atoms with Crippen LogP contribution in [0.5, 0.6) is 0 Å². The van der Waals surface area contributed by atoms with Gasteiger partial charge in [0.15, 0.2) is 12.2 Å². The van der Waals surface area contributed by atoms with Crippen molar-refractivity contribution in [3.63, 3.8) is 0 Å². The van der Waals surface area contributed by atoms with Crippen LogP contribution in [0.1, 0.15) is 111 Å². The number of cyclic esters (lactones) is 1. The Balaban J connectivity index is 1.53. The topological polar surface area (TPSA) is 61.8 Å². The number of unbranched alkanes of at least 4 members (excludes halogenated alkanes) is 10. The van der Waals surface area contributed by atoms with Gasteiger partial charge in [0.05, 0.1) is 13.0 Å². The fourth-order valence-corrected chi connectivity index (χ4v) is 10.5. The summed E-state index contributed by atoms with van der Waals surface area (Å²) in [6, 6.07) is 20.8. The van der Waals surface area contributed by atoms with Gasteiger partial charge in [-0.05, 0) is 21.8 Å². The van der Waals surface area contributed by atoms with Crippen LogP contribution in [0.4, 0.5) is 0 Å². The summed E-state index contributed by atoms with van der Waals surface area (Å²) in [5.41, 5.74) is 0. The second-order valence-corrected chi connectivity index (χ2v) is 16.8. The van der Waals surface area contributed by atoms with Gasteiger partial charge in [-0.25, -0.2) is 0 Å². The van der Waals surface area contributed by atoms with Crippen molar-refractivity contribution in [3.05, 3.63) is 60.7 Å². The number of hydrogen-bond donors (Lipinski definition) is 0. The first-order valence-corrected chi connectivity index (χ1v) is 17.8. The second-order valence-electron chi connectivity index (χ2n) is 12.5. The molecule has 2 atom stereocenters. The van der Waals surface area contributed by atoms with Gasteiger partial charge in [-0.15, -0.1) is 0 Å². The molecule has 1 heterocycles. The molecule has 0 amide bonds. The molecule has 0 saturated carbocycles. The lowest BCUT2D eigenvalue weighted by Crippen LogP contribution is -2.67. The number of carbonyl (C=O) groups excluding carboxylic acids is 2. The van der Waals surface area contributed by atoms with Crippen LogP contribution in [0.15, 0.2) is 60.7 Å². The van der Waals surface area contributed by atoms with Gasteiger partial charge in [0.1, 0.15) is 0 Å². The highest BCUT2D eigenvalue weighted by Gasteiger charge is 2.51. The maximum atomic E-state index is 12.7. The van der Waals surface area contributed by atoms with Gasteiger partial charge in [0.2, 0.25) is 0 Å². The number of hydrogen-bond acceptors (Lipinski definition) is 5. The van der Waals surface area contributed by atoms with Crippen molar-refractivity contribution < 1.29 is 23.5 Å². The molecule has 0 aromatic heterocycles. The first-order chi connectivity index (χ1) is 19.8. The largest absolute Gasteiger partial charge is 0.458 e. The van der Waals surface area contributed by atoms with Crippen molar-refractivity contribution in [2.75, 3.05) is 6.61 Å². The van der Waals surface area contributed by atoms with E-state index in [1.54, 1.807) is 0 Å². The smallest absolute Gasteiger partial charge is 0.310 e. The average molecular weight is 581 g/mol. The zero-order valence-corrected chi connectivity index (χ0v) is 26.9. The molecule has 1 saturated heterocycles. The van der Waals surface area contributed by atoms with Crippen molar-refractivity contribution in [1.29, 1.82) is 0 Å². The molecular weight excluding hydrogens is 528 g/mol. The maximum absolute atomic E-state index is 12.7. The number of carbonyl (C=O) groups is 2. The Morgan fingerprint density at radius 2 is 1.29 bits per heavy atom. The van der Waals surface area contributed by atoms with E-state index in [9.17, 15) is 9.59 Å². The lowest BCUT2D eigenvalue weighted by molar-refractivity contribution is -0.154. The number of rotatable bonds is 18. The van der Waals surface area contributed by atoms with Crippen molar-refractivity contribution >= 4 is 30.6 Å². The Kier molecular flexibility index (Phi) is 13.6. The van der Waals surface area contributed by atoms with Gasteiger partial charge in [-0.2, -0.15) is 0 Å². The van der Waals surface area contributed by atoms with E-state index in [4.69, 9.17) is 13.9 Å². The van der Waals surface area contributed by atoms with Crippen LogP contribution in [-0.4, -0.2) is 39.1 Å². The van der Waals surface area contributed by atoms with Crippen LogP contribution in [-0.2, 0) is 23.5 Å². The highest BCUT2D eigenvalue weighted by molar-refractivity contribution is 6.99. The highest BCUT2D eigenvalue weighted by Crippen LogP contribution is 2.37. The molecule has 3 rings (SSSR count). The quantitative estimate of drug-likeness (QED) is 0.104. The summed E-state index contributed by atoms with van der Waals surface area (Å²) in [5, 5.41) is 2.13. The molecule has 0 N–H and O–H groups in total. The lowest BCUT2D eigenvalue weighted by atomic mass is 10.1. The number of esters is 2. The molecule has 0 radical (unpaired) electrons. The molecule has 41 heavy (non-hydrogen) atoms. The third-order valence-corrected chi connectivity index (χ3v) is 13.2. The molecule has 0 spiro atoms. The SMILES string of the molecule is CCCCCCCCCCCCCC(=O)O[C@H]1CC(=O)O[C@@H]1CO[Si](c1ccccc1)(c1ccccc1)C(C)(C)C. The van der Waals surface area contributed by atoms with Gasteiger partial charge >= 0.3 is 11.9 Å². The fraction of sp³-hybridized carbons (Fsp3) is 0.600. The molecule has 0 bridgehead atoms. The average Bonchev–Trinajstić information content (AvgIpc) is 3.30. The van der Waals surface area contributed by atoms with E-state index in [0.717, 1.165) is 29.6 Å². The summed E-state index contributed by atoms with van der Waals surface area (Å²) >= 11 is 0. The summed E-state index contributed by atoms with van der Waals surface area (Å²) in [4.78, 5) is 25.0. The van der Waals surface area contributed by atoms with E-state index in [-0.39, 0.29) is 30.0 Å². The third kappa shape index (κ3) is 9.81. The minimum absolute atomic E-state index is 0.0821. The van der Waals surface area contributed by atoms with Crippen LogP contribution in [0.25, 0.3) is 0 Å². The monoisotopic (exact) mass is 580 g/mol. The standard InChI is InChI=1S/C35H52O5Si/c1-5-6-7-8-9-10-11-12-13-14-21-26-33(36)39-31-27-34(37)40-32(31)28-38-41(35(2,3)4,29-22-17-15-18-23-29)30-24-19-16-20-25-30/h15-20,22-25,31-32H,5-14,21,26-28H2,1-4H3/t31-,32+/m0/s1. The predicted molar refractivity (Wildman–Crippen MR) is 169 cm³/mol. The second kappa shape index (κ2) is 16.9. The van der Waals surface area contributed by atoms with Gasteiger partial charge < -0.3 is 13.9 Å². The van der Waals surface area contributed by atoms with E-state index in [1.165, 1.54) is 51.4 Å². The fourth-order valence-electron chi connectivity index (χ4n) is 5.98. The first-order valence-electron chi connectivity index (χ1n) is 15.9. The van der Waals surface area contributed by atoms with Crippen LogP contribution >= 0.6 is 0 Å². The summed E-state index contributed by atoms with van der Waals surface area (Å²) in [6.07, 6.45) is 12.8. The highest BCUT2D eigenvalue weighted by atomic mass is 28.4. The summed E-state index contributed by atoms with van der Waals surface area (Å²) < 4.78 is 18.4. The van der Waals surface area contributed by atoms with E-state index in [0.29, 0.717) is 6.42 Å². The Labute approximate surface area is 249 Å². The van der Waals surface area contributed by atoms with E-state index < -0.39 is 20.5 Å². The van der Waals surface area contributed by atoms with Gasteiger partial charge in [-0.3, -0.25) is 9.59 Å². The number of ether oxygens (including phenoxy) is 2. The lowest BCUT2D eigenvalue weighted by Gasteiger charge is -2.43. The van der Waals surface area contributed by atoms with Crippen molar-refractivity contribution in [3.8, 4) is 0 Å². The molecule has 1 aliphatic rings. The van der Waals surface area contributed by atoms with E-state index >= 15 is 0 Å². The Morgan fingerprint density at radius 3 is 1.78 bits per heavy atom. The van der Waals surface area contributed by atoms with Crippen LogP contribution < -0.4 is 10.4 Å². The van der Waals surface area contributed by atoms with Crippen LogP contribution in [0.2, 0.25) is 5.04 Å². The zero-order chi connectivity index (χ0) is 29.6. The minimum Gasteiger partial charge on any atom is -0.458 e. The summed E-state index contributed by atoms with van der Waals surface area (Å²) in [5.74, 6) is -0.590. The summed E-state index contributed by atoms with van der Waals surface area (Å²) in [7, 11) is -2.79. The molecule has 1 fully saturated rings. The van der Waals surface area contributed by atoms with Crippen LogP contribution in [0, 0.1) is 0 Å². The van der Waals surface area contributed by atoms with E-state index in [2.05, 4.69) is 52.0 Å². The maximum Gasteiger partial charge on any atom is 0.310 e. The van der Waals surface area contributed by atoms with Gasteiger partial charge in [-0.1, -0.05) is 153 Å². The Bertz CT molecular complexity index is 994. The Hall–Kier alpha value is -2.44. The van der Waals surface area contributed by atoms with E-state index in [1.807, 2.05) is 36.4 Å². The minimum atomic E-state index is -2.79. The normalized spacial score (nSPS) is 17.4. The molecule has 0 unspecified atom stereocenters. The number of benzene rings is 2. The molecule has 2 aromatic carbocycles. The van der Waals surface area contributed by atoms with Gasteiger partial charge in [0.25, 0.3) is 8.32 Å². The van der Waals surface area contributed by atoms with Crippen molar-refractivity contribution in [2.24, 2.45) is 0 Å². The molecule has 5 nitrogen and oxygen atoms in total. The Morgan fingerprint density at radius 1 is 0.805 bits per heavy atom. The molecule has 1 aliphatic heterocycles. The van der Waals surface area contributed by atoms with Crippen molar-refractivity contribution in [1.82, 2.24) is 0 Å². The molecule has 6 heteroatoms. The van der Waals surface area contributed by atoms with Gasteiger partial charge in [0, 0.05) is 6.42 Å². The molecular formula is C35H52O5Si. The molecule has 226 valence electrons. The van der Waals surface area contributed by atoms with Crippen molar-refractivity contribution in [2.45, 2.75) is 128 Å². The zero-order valence-electron chi connectivity index (χ0n) is 25.9. The summed E-state index contributed by atoms with van der Waals surface area (Å²) in [6.45, 7) is 9.08. The third-order valence-electron chi connectivity index (χ3n) is 8.21. The molecule has 0 aliphatic carbocycles. The predicted octanol–water partition coefficient (Wildman–Crippen LogP) is 7.49. The first kappa shape index (κ1) is 33.1. The van der Waals surface area contributed by atoms with Crippen LogP contribution in [0.3, 0.4) is 0 Å². The molecule has 2 aromatic rings.